The van der Waals surface area contributed by atoms with Gasteiger partial charge in [-0.3, -0.25) is 0 Å². The molecule has 0 bridgehead atoms. The van der Waals surface area contributed by atoms with Gasteiger partial charge in [-0.25, -0.2) is 0 Å². The molecule has 0 aromatic carbocycles. The minimum atomic E-state index is -0.902. The third-order valence-corrected chi connectivity index (χ3v) is 8.47. The van der Waals surface area contributed by atoms with E-state index in [1.165, 1.54) is 180 Å². The molecular formula is C38H74MnO4. The van der Waals surface area contributed by atoms with Crippen LogP contribution in [-0.2, 0) is 26.7 Å². The predicted molar refractivity (Wildman–Crippen MR) is 178 cm³/mol. The third kappa shape index (κ3) is 51.3. The smallest absolute Gasteiger partial charge is 0.550 e. The molecule has 0 aromatic heterocycles. The first-order chi connectivity index (χ1) is 20.5. The number of carbonyl (C=O) groups excluding carboxylic acids is 2. The van der Waals surface area contributed by atoms with Crippen LogP contribution in [0.5, 0.6) is 0 Å². The van der Waals surface area contributed by atoms with Gasteiger partial charge in [-0.15, -0.1) is 0 Å². The van der Waals surface area contributed by atoms with Crippen molar-refractivity contribution in [3.63, 3.8) is 0 Å². The Labute approximate surface area is 280 Å². The Morgan fingerprint density at radius 3 is 0.581 bits per heavy atom. The fourth-order valence-corrected chi connectivity index (χ4v) is 5.63. The van der Waals surface area contributed by atoms with Gasteiger partial charge in [-0.05, 0) is 25.7 Å². The first-order valence-electron chi connectivity index (χ1n) is 18.9. The summed E-state index contributed by atoms with van der Waals surface area (Å²) in [5.74, 6) is -1.80. The van der Waals surface area contributed by atoms with Gasteiger partial charge in [0.25, 0.3) is 0 Å². The molecule has 0 aliphatic heterocycles. The van der Waals surface area contributed by atoms with Gasteiger partial charge in [0.2, 0.25) is 0 Å². The van der Waals surface area contributed by atoms with E-state index in [9.17, 15) is 19.8 Å². The zero-order valence-corrected chi connectivity index (χ0v) is 30.2. The average Bonchev–Trinajstić information content (AvgIpc) is 2.97. The van der Waals surface area contributed by atoms with Crippen molar-refractivity contribution in [2.24, 2.45) is 0 Å². The summed E-state index contributed by atoms with van der Waals surface area (Å²) < 4.78 is 0. The Balaban J connectivity index is -0.000000727. The van der Waals surface area contributed by atoms with Crippen molar-refractivity contribution in [2.75, 3.05) is 0 Å². The zero-order chi connectivity index (χ0) is 31.2. The van der Waals surface area contributed by atoms with Crippen molar-refractivity contribution in [2.45, 2.75) is 232 Å². The Bertz CT molecular complexity index is 480. The Hall–Kier alpha value is -0.541. The van der Waals surface area contributed by atoms with Crippen LogP contribution >= 0.6 is 0 Å². The van der Waals surface area contributed by atoms with E-state index >= 15 is 0 Å². The molecule has 0 saturated heterocycles. The predicted octanol–water partition coefficient (Wildman–Crippen LogP) is 10.8. The first-order valence-corrected chi connectivity index (χ1v) is 18.9. The van der Waals surface area contributed by atoms with E-state index < -0.39 is 11.9 Å². The van der Waals surface area contributed by atoms with Crippen molar-refractivity contribution in [3.8, 4) is 0 Å². The molecule has 0 fully saturated rings. The number of carboxylic acid groups (broad SMARTS) is 2. The van der Waals surface area contributed by atoms with Crippen LogP contribution in [-0.4, -0.2) is 11.9 Å². The summed E-state index contributed by atoms with van der Waals surface area (Å²) in [7, 11) is 0. The molecule has 0 aromatic rings. The maximum atomic E-state index is 10.2. The van der Waals surface area contributed by atoms with E-state index in [1.807, 2.05) is 0 Å². The SMILES string of the molecule is CCCCCCCCCCCCCCCCCCC(=O)[O-].CCCCCCCCCCCCCCCCCCC(=O)[O-].[Mn+2]. The second kappa shape index (κ2) is 43.6. The van der Waals surface area contributed by atoms with Gasteiger partial charge in [0.15, 0.2) is 0 Å². The maximum absolute atomic E-state index is 10.2. The monoisotopic (exact) mass is 649 g/mol. The summed E-state index contributed by atoms with van der Waals surface area (Å²) in [6, 6.07) is 0. The van der Waals surface area contributed by atoms with Crippen LogP contribution < -0.4 is 10.2 Å². The van der Waals surface area contributed by atoms with Gasteiger partial charge in [0.05, 0.1) is 0 Å². The molecule has 0 saturated carbocycles. The molecule has 257 valence electrons. The number of unbranched alkanes of at least 4 members (excludes halogenated alkanes) is 30. The summed E-state index contributed by atoms with van der Waals surface area (Å²) in [5, 5.41) is 20.5. The van der Waals surface area contributed by atoms with Crippen LogP contribution in [0.25, 0.3) is 0 Å². The molecule has 0 rings (SSSR count). The topological polar surface area (TPSA) is 80.3 Å². The fraction of sp³-hybridized carbons (Fsp3) is 0.947. The molecule has 0 aliphatic carbocycles. The number of aliphatic carboxylic acids is 2. The van der Waals surface area contributed by atoms with Gasteiger partial charge in [-0.1, -0.05) is 206 Å². The Morgan fingerprint density at radius 1 is 0.302 bits per heavy atom. The molecular weight excluding hydrogens is 575 g/mol. The molecule has 0 amide bonds. The van der Waals surface area contributed by atoms with Crippen LogP contribution in [0, 0.1) is 0 Å². The Morgan fingerprint density at radius 2 is 0.442 bits per heavy atom. The average molecular weight is 650 g/mol. The molecule has 1 radical (unpaired) electrons. The minimum Gasteiger partial charge on any atom is -0.550 e. The summed E-state index contributed by atoms with van der Waals surface area (Å²) in [6.45, 7) is 4.54. The number of carboxylic acids is 2. The van der Waals surface area contributed by atoms with E-state index in [0.29, 0.717) is 0 Å². The van der Waals surface area contributed by atoms with E-state index in [0.717, 1.165) is 25.7 Å². The van der Waals surface area contributed by atoms with Gasteiger partial charge in [-0.2, -0.15) is 0 Å². The summed E-state index contributed by atoms with van der Waals surface area (Å²) in [5.41, 5.74) is 0. The fourth-order valence-electron chi connectivity index (χ4n) is 5.63. The number of hydrogen-bond acceptors (Lipinski definition) is 4. The van der Waals surface area contributed by atoms with Crippen LogP contribution in [0.3, 0.4) is 0 Å². The van der Waals surface area contributed by atoms with E-state index in [-0.39, 0.29) is 29.9 Å². The second-order valence-electron chi connectivity index (χ2n) is 12.9. The van der Waals surface area contributed by atoms with Gasteiger partial charge in [0.1, 0.15) is 0 Å². The molecule has 0 N–H and O–H groups in total. The first kappa shape index (κ1) is 46.9. The van der Waals surface area contributed by atoms with Crippen molar-refractivity contribution in [1.29, 1.82) is 0 Å². The van der Waals surface area contributed by atoms with E-state index in [2.05, 4.69) is 13.8 Å². The molecule has 0 unspecified atom stereocenters. The summed E-state index contributed by atoms with van der Waals surface area (Å²) in [6.07, 6.45) is 42.7. The molecule has 0 atom stereocenters. The number of rotatable bonds is 34. The maximum Gasteiger partial charge on any atom is 2.00 e. The van der Waals surface area contributed by atoms with E-state index in [4.69, 9.17) is 0 Å². The van der Waals surface area contributed by atoms with Crippen LogP contribution in [0.15, 0.2) is 0 Å². The molecule has 4 nitrogen and oxygen atoms in total. The van der Waals surface area contributed by atoms with Crippen LogP contribution in [0.2, 0.25) is 0 Å². The van der Waals surface area contributed by atoms with Crippen LogP contribution in [0.1, 0.15) is 232 Å². The van der Waals surface area contributed by atoms with Crippen molar-refractivity contribution >= 4 is 11.9 Å². The quantitative estimate of drug-likeness (QED) is 0.0513. The number of carbonyl (C=O) groups is 2. The Kier molecular flexibility index (Phi) is 47.5. The van der Waals surface area contributed by atoms with Gasteiger partial charge in [0, 0.05) is 11.9 Å². The standard InChI is InChI=1S/2C19H38O2.Mn/c2*1-2-3-4-5-6-7-8-9-10-11-12-13-14-15-16-17-18-19(20)21;/h2*2-18H2,1H3,(H,20,21);/q;;+2/p-2. The van der Waals surface area contributed by atoms with Crippen molar-refractivity contribution in [1.82, 2.24) is 0 Å². The normalized spacial score (nSPS) is 10.7. The van der Waals surface area contributed by atoms with E-state index in [1.54, 1.807) is 0 Å². The molecule has 0 aliphatic rings. The van der Waals surface area contributed by atoms with Crippen molar-refractivity contribution in [3.05, 3.63) is 0 Å². The van der Waals surface area contributed by atoms with Gasteiger partial charge >= 0.3 is 17.1 Å². The van der Waals surface area contributed by atoms with Crippen molar-refractivity contribution < 1.29 is 36.9 Å². The minimum absolute atomic E-state index is 0. The van der Waals surface area contributed by atoms with Crippen LogP contribution in [0.4, 0.5) is 0 Å². The van der Waals surface area contributed by atoms with Gasteiger partial charge < -0.3 is 19.8 Å². The largest absolute Gasteiger partial charge is 2.00 e. The molecule has 43 heavy (non-hydrogen) atoms. The second-order valence-corrected chi connectivity index (χ2v) is 12.9. The molecule has 0 heterocycles. The zero-order valence-electron chi connectivity index (χ0n) is 29.1. The molecule has 0 spiro atoms. The third-order valence-electron chi connectivity index (χ3n) is 8.47. The number of hydrogen-bond donors (Lipinski definition) is 0. The molecule has 5 heteroatoms. The summed E-state index contributed by atoms with van der Waals surface area (Å²) >= 11 is 0. The summed E-state index contributed by atoms with van der Waals surface area (Å²) in [4.78, 5) is 20.5.